The molecule has 3 aromatic rings. The summed E-state index contributed by atoms with van der Waals surface area (Å²) < 4.78 is 11.8. The maximum atomic E-state index is 13.7. The van der Waals surface area contributed by atoms with Crippen molar-refractivity contribution in [1.29, 1.82) is 0 Å². The Bertz CT molecular complexity index is 1480. The quantitative estimate of drug-likeness (QED) is 0.219. The van der Waals surface area contributed by atoms with E-state index in [4.69, 9.17) is 9.47 Å². The molecule has 0 bridgehead atoms. The largest absolute Gasteiger partial charge is 0.493 e. The number of nitrogens with zero attached hydrogens (tertiary/aromatic N) is 1. The molecule has 3 aromatic carbocycles. The average Bonchev–Trinajstić information content (AvgIpc) is 3.29. The molecule has 2 aliphatic rings. The Morgan fingerprint density at radius 2 is 1.93 bits per heavy atom. The summed E-state index contributed by atoms with van der Waals surface area (Å²) in [6.07, 6.45) is 3.99. The number of carbonyl (C=O) groups is 2. The summed E-state index contributed by atoms with van der Waals surface area (Å²) in [7, 11) is 5.01. The van der Waals surface area contributed by atoms with Crippen LogP contribution in [0.1, 0.15) is 53.7 Å². The molecule has 10 heteroatoms. The number of benzene rings is 3. The van der Waals surface area contributed by atoms with Crippen molar-refractivity contribution in [2.75, 3.05) is 35.4 Å². The van der Waals surface area contributed by atoms with Crippen molar-refractivity contribution in [2.45, 2.75) is 57.1 Å². The number of aliphatic hydroxyl groups is 1. The van der Waals surface area contributed by atoms with Crippen LogP contribution in [0.15, 0.2) is 54.6 Å². The molecule has 2 aliphatic heterocycles. The smallest absolute Gasteiger partial charge is 0.260 e. The molecule has 0 aromatic heterocycles. The van der Waals surface area contributed by atoms with E-state index in [1.165, 1.54) is 5.56 Å². The van der Waals surface area contributed by atoms with Gasteiger partial charge < -0.3 is 30.1 Å². The number of nitrogens with one attached hydrogen (secondary N) is 2. The van der Waals surface area contributed by atoms with Crippen molar-refractivity contribution >= 4 is 50.5 Å². The number of rotatable bonds is 11. The molecule has 222 valence electrons. The first-order valence-electron chi connectivity index (χ1n) is 14.0. The predicted octanol–water partition coefficient (Wildman–Crippen LogP) is 6.27. The monoisotopic (exact) mass is 607 g/mol. The normalized spacial score (nSPS) is 15.7. The number of anilines is 3. The average molecular weight is 608 g/mol. The molecule has 42 heavy (non-hydrogen) atoms. The molecule has 0 radical (unpaired) electrons. The van der Waals surface area contributed by atoms with E-state index in [0.717, 1.165) is 24.1 Å². The summed E-state index contributed by atoms with van der Waals surface area (Å²) >= 11 is 0. The third-order valence-corrected chi connectivity index (χ3v) is 10.2. The molecular formula is C32H37N3O5S2. The van der Waals surface area contributed by atoms with Crippen molar-refractivity contribution in [2.24, 2.45) is 0 Å². The number of para-hydroxylation sites is 1. The van der Waals surface area contributed by atoms with Crippen LogP contribution >= 0.6 is 21.6 Å². The SMILES string of the molecule is COc1cc2c(cc1OCc1cc(CO)cc(NC(=O)CCC(C)(C)SSC)c1)NC[C@@H]1Cc3ccccc3N1C2=O. The molecule has 0 saturated heterocycles. The Kier molecular flexibility index (Phi) is 9.25. The Morgan fingerprint density at radius 3 is 2.69 bits per heavy atom. The molecular weight excluding hydrogens is 571 g/mol. The summed E-state index contributed by atoms with van der Waals surface area (Å²) in [4.78, 5) is 28.3. The van der Waals surface area contributed by atoms with Gasteiger partial charge in [0, 0.05) is 35.2 Å². The maximum Gasteiger partial charge on any atom is 0.260 e. The van der Waals surface area contributed by atoms with Gasteiger partial charge in [0.2, 0.25) is 5.91 Å². The van der Waals surface area contributed by atoms with Crippen LogP contribution in [0, 0.1) is 0 Å². The van der Waals surface area contributed by atoms with Crippen molar-refractivity contribution in [3.05, 3.63) is 76.9 Å². The summed E-state index contributed by atoms with van der Waals surface area (Å²) in [5, 5.41) is 16.3. The van der Waals surface area contributed by atoms with Gasteiger partial charge in [-0.25, -0.2) is 0 Å². The standard InChI is InChI=1S/C32H37N3O5S2/c1-32(2,42-41-4)10-9-30(37)34-23-12-20(18-36)11-21(13-23)19-40-29-16-26-25(15-28(29)39-3)31(38)35-24(17-33-26)14-22-7-5-6-8-27(22)35/h5-8,11-13,15-16,24,33,36H,9-10,14,17-19H2,1-4H3,(H,34,37)/t24-/m0/s1. The van der Waals surface area contributed by atoms with E-state index in [1.807, 2.05) is 47.6 Å². The number of amides is 2. The Balaban J connectivity index is 1.31. The Hall–Kier alpha value is -3.34. The summed E-state index contributed by atoms with van der Waals surface area (Å²) in [5.74, 6) is 0.805. The van der Waals surface area contributed by atoms with Crippen LogP contribution in [0.25, 0.3) is 0 Å². The fraction of sp³-hybridized carbons (Fsp3) is 0.375. The topological polar surface area (TPSA) is 100 Å². The molecule has 2 heterocycles. The second-order valence-corrected chi connectivity index (χ2v) is 14.2. The minimum Gasteiger partial charge on any atom is -0.493 e. The van der Waals surface area contributed by atoms with Gasteiger partial charge in [-0.2, -0.15) is 0 Å². The van der Waals surface area contributed by atoms with Gasteiger partial charge in [-0.1, -0.05) is 39.8 Å². The van der Waals surface area contributed by atoms with Gasteiger partial charge in [-0.05, 0) is 80.0 Å². The minimum atomic E-state index is -0.164. The molecule has 0 saturated carbocycles. The molecule has 0 unspecified atom stereocenters. The van der Waals surface area contributed by atoms with E-state index >= 15 is 0 Å². The number of methoxy groups -OCH3 is 1. The van der Waals surface area contributed by atoms with Crippen molar-refractivity contribution in [1.82, 2.24) is 0 Å². The van der Waals surface area contributed by atoms with Crippen LogP contribution < -0.4 is 25.0 Å². The summed E-state index contributed by atoms with van der Waals surface area (Å²) in [5.41, 5.74) is 5.43. The molecule has 0 spiro atoms. The third kappa shape index (κ3) is 6.66. The fourth-order valence-electron chi connectivity index (χ4n) is 5.49. The van der Waals surface area contributed by atoms with Crippen LogP contribution in [-0.4, -0.2) is 47.6 Å². The second kappa shape index (κ2) is 12.9. The lowest BCUT2D eigenvalue weighted by molar-refractivity contribution is -0.116. The second-order valence-electron chi connectivity index (χ2n) is 11.1. The number of ether oxygens (including phenoxy) is 2. The van der Waals surface area contributed by atoms with Gasteiger partial charge in [0.1, 0.15) is 6.61 Å². The molecule has 0 aliphatic carbocycles. The fourth-order valence-corrected chi connectivity index (χ4v) is 7.73. The van der Waals surface area contributed by atoms with E-state index in [-0.39, 0.29) is 35.8 Å². The maximum absolute atomic E-state index is 13.7. The zero-order valence-corrected chi connectivity index (χ0v) is 26.0. The van der Waals surface area contributed by atoms with Crippen molar-refractivity contribution < 1.29 is 24.2 Å². The third-order valence-electron chi connectivity index (χ3n) is 7.53. The predicted molar refractivity (Wildman–Crippen MR) is 172 cm³/mol. The van der Waals surface area contributed by atoms with E-state index < -0.39 is 0 Å². The highest BCUT2D eigenvalue weighted by Gasteiger charge is 2.37. The number of aliphatic hydroxyl groups excluding tert-OH is 1. The van der Waals surface area contributed by atoms with Crippen molar-refractivity contribution in [3.63, 3.8) is 0 Å². The number of hydrogen-bond acceptors (Lipinski definition) is 8. The van der Waals surface area contributed by atoms with Gasteiger partial charge in [0.05, 0.1) is 31.0 Å². The Labute approximate surface area is 254 Å². The molecule has 5 rings (SSSR count). The van der Waals surface area contributed by atoms with E-state index in [1.54, 1.807) is 40.8 Å². The summed E-state index contributed by atoms with van der Waals surface area (Å²) in [6, 6.07) is 17.1. The van der Waals surface area contributed by atoms with Crippen molar-refractivity contribution in [3.8, 4) is 11.5 Å². The lowest BCUT2D eigenvalue weighted by atomic mass is 10.1. The van der Waals surface area contributed by atoms with Crippen LogP contribution in [0.4, 0.5) is 17.1 Å². The van der Waals surface area contributed by atoms with Crippen LogP contribution in [0.2, 0.25) is 0 Å². The molecule has 2 amide bonds. The number of hydrogen-bond donors (Lipinski definition) is 3. The van der Waals surface area contributed by atoms with Gasteiger partial charge in [-0.15, -0.1) is 0 Å². The molecule has 0 fully saturated rings. The zero-order chi connectivity index (χ0) is 29.9. The first-order valence-corrected chi connectivity index (χ1v) is 16.5. The van der Waals surface area contributed by atoms with Crippen LogP contribution in [0.5, 0.6) is 11.5 Å². The molecule has 8 nitrogen and oxygen atoms in total. The van der Waals surface area contributed by atoms with Gasteiger partial charge >= 0.3 is 0 Å². The van der Waals surface area contributed by atoms with Gasteiger partial charge in [0.15, 0.2) is 11.5 Å². The summed E-state index contributed by atoms with van der Waals surface area (Å²) in [6.45, 7) is 4.90. The highest BCUT2D eigenvalue weighted by molar-refractivity contribution is 8.76. The van der Waals surface area contributed by atoms with Gasteiger partial charge in [-0.3, -0.25) is 9.59 Å². The number of fused-ring (bicyclic) bond motifs is 4. The first kappa shape index (κ1) is 30.1. The number of carbonyl (C=O) groups excluding carboxylic acids is 2. The lowest BCUT2D eigenvalue weighted by Gasteiger charge is -2.22. The van der Waals surface area contributed by atoms with Crippen LogP contribution in [0.3, 0.4) is 0 Å². The van der Waals surface area contributed by atoms with Crippen LogP contribution in [-0.2, 0) is 24.4 Å². The van der Waals surface area contributed by atoms with Gasteiger partial charge in [0.25, 0.3) is 5.91 Å². The highest BCUT2D eigenvalue weighted by Crippen LogP contribution is 2.41. The Morgan fingerprint density at radius 1 is 1.14 bits per heavy atom. The van der Waals surface area contributed by atoms with E-state index in [9.17, 15) is 14.7 Å². The molecule has 1 atom stereocenters. The first-order chi connectivity index (χ1) is 20.2. The van der Waals surface area contributed by atoms with E-state index in [0.29, 0.717) is 47.0 Å². The minimum absolute atomic E-state index is 0.00419. The lowest BCUT2D eigenvalue weighted by Crippen LogP contribution is -2.39. The highest BCUT2D eigenvalue weighted by atomic mass is 33.1. The zero-order valence-electron chi connectivity index (χ0n) is 24.4. The van der Waals surface area contributed by atoms with E-state index in [2.05, 4.69) is 30.5 Å². The molecule has 3 N–H and O–H groups in total.